The van der Waals surface area contributed by atoms with E-state index >= 15 is 0 Å². The van der Waals surface area contributed by atoms with E-state index in [0.717, 1.165) is 22.0 Å². The minimum absolute atomic E-state index is 0.00599. The molecule has 0 bridgehead atoms. The van der Waals surface area contributed by atoms with Crippen LogP contribution in [-0.4, -0.2) is 47.4 Å². The van der Waals surface area contributed by atoms with Crippen molar-refractivity contribution < 1.29 is 28.7 Å². The lowest BCUT2D eigenvalue weighted by atomic mass is 10.0. The third-order valence-corrected chi connectivity index (χ3v) is 6.05. The molecule has 3 N–H and O–H groups in total. The summed E-state index contributed by atoms with van der Waals surface area (Å²) in [5.74, 6) is -2.25. The molecule has 3 aromatic carbocycles. The van der Waals surface area contributed by atoms with Crippen LogP contribution in [0.15, 0.2) is 91.1 Å². The third kappa shape index (κ3) is 7.10. The summed E-state index contributed by atoms with van der Waals surface area (Å²) < 4.78 is 10.4. The number of alkyl carbamates (subject to hydrolysis) is 1. The van der Waals surface area contributed by atoms with E-state index in [2.05, 4.69) is 15.6 Å². The topological polar surface area (TPSA) is 127 Å². The molecule has 4 rings (SSSR count). The number of amides is 2. The van der Waals surface area contributed by atoms with Crippen LogP contribution in [0, 0.1) is 0 Å². The maximum Gasteiger partial charge on any atom is 0.408 e. The van der Waals surface area contributed by atoms with Crippen molar-refractivity contribution in [3.8, 4) is 0 Å². The second-order valence-corrected chi connectivity index (χ2v) is 8.75. The van der Waals surface area contributed by atoms with Gasteiger partial charge in [0.05, 0.1) is 6.61 Å². The highest BCUT2D eigenvalue weighted by molar-refractivity contribution is 6.14. The number of ketones is 1. The van der Waals surface area contributed by atoms with Crippen LogP contribution in [0.3, 0.4) is 0 Å². The second kappa shape index (κ2) is 13.0. The number of esters is 1. The molecule has 9 heteroatoms. The van der Waals surface area contributed by atoms with Crippen molar-refractivity contribution in [1.29, 1.82) is 0 Å². The number of H-pyrrole nitrogens is 1. The predicted molar refractivity (Wildman–Crippen MR) is 145 cm³/mol. The van der Waals surface area contributed by atoms with Gasteiger partial charge in [-0.15, -0.1) is 0 Å². The van der Waals surface area contributed by atoms with Crippen LogP contribution in [0.25, 0.3) is 10.9 Å². The molecule has 0 aliphatic rings. The molecule has 0 radical (unpaired) electrons. The van der Waals surface area contributed by atoms with Crippen LogP contribution in [0.5, 0.6) is 0 Å². The zero-order valence-corrected chi connectivity index (χ0v) is 21.4. The maximum atomic E-state index is 13.5. The number of rotatable bonds is 11. The molecule has 2 atom stereocenters. The van der Waals surface area contributed by atoms with Gasteiger partial charge in [-0.05, 0) is 24.1 Å². The molecular weight excluding hydrogens is 498 g/mol. The van der Waals surface area contributed by atoms with E-state index < -0.39 is 35.8 Å². The molecule has 0 fully saturated rings. The fourth-order valence-corrected chi connectivity index (χ4v) is 4.11. The molecule has 9 nitrogen and oxygen atoms in total. The monoisotopic (exact) mass is 527 g/mol. The maximum absolute atomic E-state index is 13.5. The number of ether oxygens (including phenoxy) is 2. The molecule has 0 aliphatic carbocycles. The molecule has 2 amide bonds. The Morgan fingerprint density at radius 3 is 2.21 bits per heavy atom. The molecule has 39 heavy (non-hydrogen) atoms. The average molecular weight is 528 g/mol. The number of fused-ring (bicyclic) bond motifs is 1. The van der Waals surface area contributed by atoms with Gasteiger partial charge in [0.15, 0.2) is 11.8 Å². The van der Waals surface area contributed by atoms with Crippen LogP contribution >= 0.6 is 0 Å². The minimum Gasteiger partial charge on any atom is -0.464 e. The summed E-state index contributed by atoms with van der Waals surface area (Å²) in [5, 5.41) is 5.96. The van der Waals surface area contributed by atoms with E-state index in [9.17, 15) is 19.2 Å². The summed E-state index contributed by atoms with van der Waals surface area (Å²) in [6, 6.07) is 22.0. The highest BCUT2D eigenvalue weighted by Crippen LogP contribution is 2.19. The predicted octanol–water partition coefficient (Wildman–Crippen LogP) is 3.94. The number of carbonyl (C=O) groups excluding carboxylic acids is 4. The Labute approximate surface area is 225 Å². The Hall–Kier alpha value is -4.92. The summed E-state index contributed by atoms with van der Waals surface area (Å²) in [4.78, 5) is 55.3. The average Bonchev–Trinajstić information content (AvgIpc) is 3.38. The van der Waals surface area contributed by atoms with Gasteiger partial charge in [-0.3, -0.25) is 9.59 Å². The molecular formula is C30H29N3O6. The van der Waals surface area contributed by atoms with Crippen LogP contribution in [0.1, 0.15) is 28.4 Å². The molecule has 0 aliphatic heterocycles. The number of benzene rings is 3. The molecule has 0 saturated heterocycles. The number of aromatic amines is 1. The first-order valence-corrected chi connectivity index (χ1v) is 12.5. The van der Waals surface area contributed by atoms with E-state index in [1.807, 2.05) is 54.6 Å². The van der Waals surface area contributed by atoms with Crippen molar-refractivity contribution in [2.75, 3.05) is 6.61 Å². The smallest absolute Gasteiger partial charge is 0.408 e. The van der Waals surface area contributed by atoms with Crippen molar-refractivity contribution in [3.05, 3.63) is 108 Å². The van der Waals surface area contributed by atoms with Gasteiger partial charge in [-0.1, -0.05) is 78.9 Å². The van der Waals surface area contributed by atoms with Gasteiger partial charge in [0.25, 0.3) is 0 Å². The first-order chi connectivity index (χ1) is 19.0. The van der Waals surface area contributed by atoms with E-state index in [-0.39, 0.29) is 25.2 Å². The number of hydrogen-bond donors (Lipinski definition) is 3. The summed E-state index contributed by atoms with van der Waals surface area (Å²) in [7, 11) is 0. The van der Waals surface area contributed by atoms with Crippen LogP contribution < -0.4 is 10.6 Å². The van der Waals surface area contributed by atoms with Gasteiger partial charge in [-0.2, -0.15) is 0 Å². The Morgan fingerprint density at radius 1 is 0.821 bits per heavy atom. The molecule has 200 valence electrons. The first-order valence-electron chi connectivity index (χ1n) is 12.5. The molecule has 0 spiro atoms. The molecule has 1 unspecified atom stereocenters. The summed E-state index contributed by atoms with van der Waals surface area (Å²) in [6.07, 6.45) is 1.01. The standard InChI is InChI=1S/C30H29N3O6/c1-2-38-29(36)26(27(34)21-13-7-4-8-14-21)33-28(35)25(17-22-18-31-24-16-10-9-15-23(22)24)32-30(37)39-19-20-11-5-3-6-12-20/h3-16,18,25-26,31H,2,17,19H2,1H3,(H,32,37)(H,33,35)/t25-,26?/m1/s1. The lowest BCUT2D eigenvalue weighted by Crippen LogP contribution is -2.55. The summed E-state index contributed by atoms with van der Waals surface area (Å²) >= 11 is 0. The largest absolute Gasteiger partial charge is 0.464 e. The Kier molecular flexibility index (Phi) is 9.07. The van der Waals surface area contributed by atoms with Gasteiger partial charge >= 0.3 is 12.1 Å². The first kappa shape index (κ1) is 27.1. The fourth-order valence-electron chi connectivity index (χ4n) is 4.11. The van der Waals surface area contributed by atoms with Gasteiger partial charge in [0, 0.05) is 29.1 Å². The minimum atomic E-state index is -1.59. The van der Waals surface area contributed by atoms with E-state index in [0.29, 0.717) is 0 Å². The third-order valence-electron chi connectivity index (χ3n) is 6.05. The number of aromatic nitrogens is 1. The number of Topliss-reactive ketones (excluding diaryl/α,β-unsaturated/α-hetero) is 1. The number of nitrogens with one attached hydrogen (secondary N) is 3. The van der Waals surface area contributed by atoms with Crippen molar-refractivity contribution in [2.24, 2.45) is 0 Å². The van der Waals surface area contributed by atoms with Crippen molar-refractivity contribution in [3.63, 3.8) is 0 Å². The highest BCUT2D eigenvalue weighted by atomic mass is 16.5. The normalized spacial score (nSPS) is 12.2. The van der Waals surface area contributed by atoms with E-state index in [4.69, 9.17) is 9.47 Å². The van der Waals surface area contributed by atoms with Crippen LogP contribution in [0.4, 0.5) is 4.79 Å². The van der Waals surface area contributed by atoms with E-state index in [1.165, 1.54) is 0 Å². The highest BCUT2D eigenvalue weighted by Gasteiger charge is 2.34. The summed E-state index contributed by atoms with van der Waals surface area (Å²) in [5.41, 5.74) is 2.64. The quantitative estimate of drug-likeness (QED) is 0.154. The molecule has 0 saturated carbocycles. The Balaban J connectivity index is 1.56. The molecule has 1 heterocycles. The number of para-hydroxylation sites is 1. The van der Waals surface area contributed by atoms with Crippen molar-refractivity contribution >= 4 is 34.7 Å². The Morgan fingerprint density at radius 2 is 1.49 bits per heavy atom. The molecule has 4 aromatic rings. The molecule has 1 aromatic heterocycles. The van der Waals surface area contributed by atoms with Crippen molar-refractivity contribution in [2.45, 2.75) is 32.0 Å². The van der Waals surface area contributed by atoms with Crippen LogP contribution in [-0.2, 0) is 32.1 Å². The lowest BCUT2D eigenvalue weighted by Gasteiger charge is -2.22. The lowest BCUT2D eigenvalue weighted by molar-refractivity contribution is -0.146. The van der Waals surface area contributed by atoms with Crippen molar-refractivity contribution in [1.82, 2.24) is 15.6 Å². The zero-order chi connectivity index (χ0) is 27.6. The van der Waals surface area contributed by atoms with Gasteiger partial charge in [-0.25, -0.2) is 9.59 Å². The van der Waals surface area contributed by atoms with Crippen LogP contribution in [0.2, 0.25) is 0 Å². The fraction of sp³-hybridized carbons (Fsp3) is 0.200. The Bertz CT molecular complexity index is 1430. The van der Waals surface area contributed by atoms with Gasteiger partial charge in [0.1, 0.15) is 12.6 Å². The summed E-state index contributed by atoms with van der Waals surface area (Å²) in [6.45, 7) is 1.63. The van der Waals surface area contributed by atoms with Gasteiger partial charge < -0.3 is 25.1 Å². The SMILES string of the molecule is CCOC(=O)C(NC(=O)[C@@H](Cc1c[nH]c2ccccc12)NC(=O)OCc1ccccc1)C(=O)c1ccccc1. The zero-order valence-electron chi connectivity index (χ0n) is 21.4. The van der Waals surface area contributed by atoms with E-state index in [1.54, 1.807) is 43.5 Å². The number of carbonyl (C=O) groups is 4. The van der Waals surface area contributed by atoms with Gasteiger partial charge in [0.2, 0.25) is 5.91 Å². The number of hydrogen-bond acceptors (Lipinski definition) is 6. The second-order valence-electron chi connectivity index (χ2n) is 8.75.